The van der Waals surface area contributed by atoms with E-state index in [9.17, 15) is 0 Å². The summed E-state index contributed by atoms with van der Waals surface area (Å²) in [6, 6.07) is 3.85. The van der Waals surface area contributed by atoms with Crippen molar-refractivity contribution in [2.75, 3.05) is 7.11 Å². The number of H-pyrrole nitrogens is 1. The van der Waals surface area contributed by atoms with Crippen LogP contribution in [-0.2, 0) is 0 Å². The molecule has 2 heterocycles. The first kappa shape index (κ1) is 11.3. The number of aromatic nitrogens is 3. The van der Waals surface area contributed by atoms with Crippen LogP contribution in [-0.4, -0.2) is 22.3 Å². The Labute approximate surface area is 109 Å². The molecular weight excluding hydrogens is 250 g/mol. The first-order chi connectivity index (χ1) is 8.61. The highest BCUT2D eigenvalue weighted by Crippen LogP contribution is 2.34. The minimum atomic E-state index is 0.651. The van der Waals surface area contributed by atoms with Crippen LogP contribution in [0, 0.1) is 13.8 Å². The molecule has 0 bridgehead atoms. The topological polar surface area (TPSA) is 50.8 Å². The third-order valence-electron chi connectivity index (χ3n) is 3.11. The highest BCUT2D eigenvalue weighted by molar-refractivity contribution is 6.40. The number of hydrogen-bond donors (Lipinski definition) is 1. The number of benzene rings is 1. The van der Waals surface area contributed by atoms with Gasteiger partial charge in [0.05, 0.1) is 23.0 Å². The Kier molecular flexibility index (Phi) is 2.41. The van der Waals surface area contributed by atoms with Crippen molar-refractivity contribution in [3.8, 4) is 5.75 Å². The number of rotatable bonds is 1. The van der Waals surface area contributed by atoms with Crippen LogP contribution in [0.15, 0.2) is 12.1 Å². The zero-order chi connectivity index (χ0) is 12.9. The number of methoxy groups -OCH3 is 1. The molecule has 4 nitrogen and oxygen atoms in total. The van der Waals surface area contributed by atoms with Gasteiger partial charge in [-0.15, -0.1) is 0 Å². The van der Waals surface area contributed by atoms with Crippen molar-refractivity contribution in [1.82, 2.24) is 15.2 Å². The zero-order valence-electron chi connectivity index (χ0n) is 10.3. The molecule has 1 N–H and O–H groups in total. The lowest BCUT2D eigenvalue weighted by Crippen LogP contribution is -1.90. The average Bonchev–Trinajstić information content (AvgIpc) is 2.72. The van der Waals surface area contributed by atoms with Gasteiger partial charge in [-0.1, -0.05) is 11.6 Å². The van der Waals surface area contributed by atoms with Crippen LogP contribution < -0.4 is 4.74 Å². The first-order valence-electron chi connectivity index (χ1n) is 5.60. The van der Waals surface area contributed by atoms with Gasteiger partial charge < -0.3 is 4.74 Å². The maximum atomic E-state index is 6.47. The van der Waals surface area contributed by atoms with E-state index in [1.54, 1.807) is 7.11 Å². The minimum absolute atomic E-state index is 0.651. The fraction of sp³-hybridized carbons (Fsp3) is 0.231. The number of nitrogens with zero attached hydrogens (tertiary/aromatic N) is 2. The molecule has 92 valence electrons. The molecule has 0 atom stereocenters. The Bertz CT molecular complexity index is 764. The largest absolute Gasteiger partial charge is 0.497 e. The average molecular weight is 262 g/mol. The number of halogens is 1. The molecule has 0 amide bonds. The molecule has 5 heteroatoms. The van der Waals surface area contributed by atoms with Gasteiger partial charge >= 0.3 is 0 Å². The third-order valence-corrected chi connectivity index (χ3v) is 3.50. The smallest absolute Gasteiger partial charge is 0.183 e. The Morgan fingerprint density at radius 2 is 2.06 bits per heavy atom. The van der Waals surface area contributed by atoms with Crippen LogP contribution in [0.1, 0.15) is 11.3 Å². The minimum Gasteiger partial charge on any atom is -0.497 e. The Morgan fingerprint density at radius 3 is 2.78 bits per heavy atom. The van der Waals surface area contributed by atoms with E-state index in [-0.39, 0.29) is 0 Å². The number of ether oxygens (including phenoxy) is 1. The molecule has 0 saturated carbocycles. The van der Waals surface area contributed by atoms with E-state index >= 15 is 0 Å². The molecule has 0 radical (unpaired) electrons. The van der Waals surface area contributed by atoms with Gasteiger partial charge in [-0.05, 0) is 31.5 Å². The number of hydrogen-bond acceptors (Lipinski definition) is 3. The molecule has 18 heavy (non-hydrogen) atoms. The number of pyridine rings is 1. The van der Waals surface area contributed by atoms with Gasteiger partial charge in [-0.2, -0.15) is 5.10 Å². The second kappa shape index (κ2) is 3.85. The van der Waals surface area contributed by atoms with Gasteiger partial charge in [0.1, 0.15) is 5.75 Å². The lowest BCUT2D eigenvalue weighted by molar-refractivity contribution is 0.415. The monoisotopic (exact) mass is 261 g/mol. The molecule has 0 unspecified atom stereocenters. The fourth-order valence-electron chi connectivity index (χ4n) is 2.18. The van der Waals surface area contributed by atoms with E-state index in [2.05, 4.69) is 15.2 Å². The third kappa shape index (κ3) is 1.46. The molecule has 0 spiro atoms. The predicted octanol–water partition coefficient (Wildman–Crippen LogP) is 3.39. The Balaban J connectivity index is 2.53. The summed E-state index contributed by atoms with van der Waals surface area (Å²) in [5.74, 6) is 0.782. The molecule has 3 aromatic rings. The summed E-state index contributed by atoms with van der Waals surface area (Å²) in [6.45, 7) is 3.92. The van der Waals surface area contributed by atoms with Crippen LogP contribution in [0.25, 0.3) is 21.9 Å². The quantitative estimate of drug-likeness (QED) is 0.730. The molecule has 0 aliphatic carbocycles. The number of fused-ring (bicyclic) bond motifs is 2. The fourth-order valence-corrected chi connectivity index (χ4v) is 2.55. The summed E-state index contributed by atoms with van der Waals surface area (Å²) in [4.78, 5) is 4.55. The van der Waals surface area contributed by atoms with Crippen molar-refractivity contribution in [2.24, 2.45) is 0 Å². The zero-order valence-corrected chi connectivity index (χ0v) is 11.1. The Morgan fingerprint density at radius 1 is 1.28 bits per heavy atom. The predicted molar refractivity (Wildman–Crippen MR) is 72.4 cm³/mol. The lowest BCUT2D eigenvalue weighted by atomic mass is 10.1. The van der Waals surface area contributed by atoms with Crippen molar-refractivity contribution in [3.05, 3.63) is 28.4 Å². The van der Waals surface area contributed by atoms with Crippen LogP contribution in [0.2, 0.25) is 5.02 Å². The number of nitrogens with one attached hydrogen (secondary N) is 1. The van der Waals surface area contributed by atoms with Crippen molar-refractivity contribution in [2.45, 2.75) is 13.8 Å². The number of aryl methyl sites for hydroxylation is 2. The second-order valence-electron chi connectivity index (χ2n) is 4.31. The van der Waals surface area contributed by atoms with Gasteiger partial charge in [0, 0.05) is 11.1 Å². The SMILES string of the molecule is COc1cc(C)c2nc3n[nH]c(C)c3c(Cl)c2c1. The van der Waals surface area contributed by atoms with Gasteiger partial charge in [0.2, 0.25) is 0 Å². The Hall–Kier alpha value is -1.81. The molecule has 1 aromatic carbocycles. The first-order valence-corrected chi connectivity index (χ1v) is 5.98. The molecular formula is C13H12ClN3O. The van der Waals surface area contributed by atoms with E-state index in [0.717, 1.165) is 33.3 Å². The molecule has 0 saturated heterocycles. The van der Waals surface area contributed by atoms with E-state index in [0.29, 0.717) is 10.7 Å². The van der Waals surface area contributed by atoms with Crippen LogP contribution >= 0.6 is 11.6 Å². The summed E-state index contributed by atoms with van der Waals surface area (Å²) in [5, 5.41) is 9.51. The molecule has 0 aliphatic rings. The van der Waals surface area contributed by atoms with Crippen molar-refractivity contribution < 1.29 is 4.74 Å². The van der Waals surface area contributed by atoms with E-state index in [4.69, 9.17) is 16.3 Å². The summed E-state index contributed by atoms with van der Waals surface area (Å²) >= 11 is 6.47. The van der Waals surface area contributed by atoms with Gasteiger partial charge in [0.25, 0.3) is 0 Å². The van der Waals surface area contributed by atoms with E-state index < -0.39 is 0 Å². The van der Waals surface area contributed by atoms with Crippen molar-refractivity contribution in [3.63, 3.8) is 0 Å². The summed E-state index contributed by atoms with van der Waals surface area (Å²) in [7, 11) is 1.64. The summed E-state index contributed by atoms with van der Waals surface area (Å²) < 4.78 is 5.27. The highest BCUT2D eigenvalue weighted by Gasteiger charge is 2.14. The van der Waals surface area contributed by atoms with Crippen molar-refractivity contribution >= 4 is 33.5 Å². The molecule has 2 aromatic heterocycles. The summed E-state index contributed by atoms with van der Waals surface area (Å²) in [5.41, 5.74) is 3.46. The van der Waals surface area contributed by atoms with Gasteiger partial charge in [0.15, 0.2) is 5.65 Å². The normalized spacial score (nSPS) is 11.3. The van der Waals surface area contributed by atoms with E-state index in [1.165, 1.54) is 0 Å². The maximum absolute atomic E-state index is 6.47. The van der Waals surface area contributed by atoms with Crippen LogP contribution in [0.5, 0.6) is 5.75 Å². The highest BCUT2D eigenvalue weighted by atomic mass is 35.5. The standard InChI is InChI=1S/C13H12ClN3O/c1-6-4-8(18-3)5-9-11(14)10-7(2)16-17-13(10)15-12(6)9/h4-5H,1-3H3,(H,15,16,17). The maximum Gasteiger partial charge on any atom is 0.183 e. The second-order valence-corrected chi connectivity index (χ2v) is 4.69. The van der Waals surface area contributed by atoms with E-state index in [1.807, 2.05) is 26.0 Å². The molecule has 0 fully saturated rings. The molecule has 3 rings (SSSR count). The van der Waals surface area contributed by atoms with Gasteiger partial charge in [-0.25, -0.2) is 4.98 Å². The van der Waals surface area contributed by atoms with Gasteiger partial charge in [-0.3, -0.25) is 5.10 Å². The molecule has 0 aliphatic heterocycles. The summed E-state index contributed by atoms with van der Waals surface area (Å²) in [6.07, 6.45) is 0. The van der Waals surface area contributed by atoms with Crippen molar-refractivity contribution in [1.29, 1.82) is 0 Å². The number of aromatic amines is 1. The van der Waals surface area contributed by atoms with Crippen LogP contribution in [0.3, 0.4) is 0 Å². The lowest BCUT2D eigenvalue weighted by Gasteiger charge is -2.07. The van der Waals surface area contributed by atoms with Crippen LogP contribution in [0.4, 0.5) is 0 Å².